The van der Waals surface area contributed by atoms with E-state index in [9.17, 15) is 9.90 Å². The number of phenols is 1. The molecule has 2 heterocycles. The summed E-state index contributed by atoms with van der Waals surface area (Å²) in [5.41, 5.74) is 2.83. The molecule has 0 spiro atoms. The molecule has 2 aromatic carbocycles. The molecule has 0 atom stereocenters. The van der Waals surface area contributed by atoms with Crippen LogP contribution in [-0.2, 0) is 9.53 Å². The number of rotatable bonds is 3. The fourth-order valence-electron chi connectivity index (χ4n) is 3.09. The number of nitrogens with zero attached hydrogens (tertiary/aromatic N) is 3. The molecule has 2 saturated heterocycles. The van der Waals surface area contributed by atoms with Crippen LogP contribution in [0, 0.1) is 3.57 Å². The lowest BCUT2D eigenvalue weighted by atomic mass is 10.2. The van der Waals surface area contributed by atoms with E-state index in [0.29, 0.717) is 10.1 Å². The van der Waals surface area contributed by atoms with Gasteiger partial charge in [-0.05, 0) is 82.4 Å². The predicted molar refractivity (Wildman–Crippen MR) is 126 cm³/mol. The molecule has 150 valence electrons. The van der Waals surface area contributed by atoms with Crippen LogP contribution in [0.1, 0.15) is 5.56 Å². The van der Waals surface area contributed by atoms with Gasteiger partial charge in [0.1, 0.15) is 5.75 Å². The first-order valence-corrected chi connectivity index (χ1v) is 11.1. The second kappa shape index (κ2) is 8.76. The number of amides is 1. The minimum absolute atomic E-state index is 0.0817. The summed E-state index contributed by atoms with van der Waals surface area (Å²) >= 11 is 3.42. The molecule has 2 aliphatic rings. The number of likely N-dealkylation sites (N-methyl/N-ethyl adjacent to an activating group) is 1. The fourth-order valence-corrected chi connectivity index (χ4v) is 4.61. The molecule has 1 amide bonds. The average Bonchev–Trinajstić information content (AvgIpc) is 3.00. The first-order chi connectivity index (χ1) is 14.0. The largest absolute Gasteiger partial charge is 0.507 e. The lowest BCUT2D eigenvalue weighted by molar-refractivity contribution is -0.121. The molecule has 0 aromatic heterocycles. The summed E-state index contributed by atoms with van der Waals surface area (Å²) in [6.45, 7) is 3.29. The highest BCUT2D eigenvalue weighted by atomic mass is 127. The molecule has 1 N–H and O–H groups in total. The molecule has 4 rings (SSSR count). The molecule has 2 aromatic rings. The molecular formula is C21H20IN3O3S. The zero-order valence-corrected chi connectivity index (χ0v) is 18.8. The molecule has 8 heteroatoms. The second-order valence-electron chi connectivity index (χ2n) is 6.70. The third-order valence-electron chi connectivity index (χ3n) is 4.72. The van der Waals surface area contributed by atoms with Crippen LogP contribution >= 0.6 is 34.4 Å². The molecule has 0 bridgehead atoms. The molecule has 29 heavy (non-hydrogen) atoms. The van der Waals surface area contributed by atoms with Gasteiger partial charge in [0.15, 0.2) is 5.17 Å². The number of hydrogen-bond donors (Lipinski definition) is 1. The van der Waals surface area contributed by atoms with Crippen LogP contribution in [-0.4, -0.2) is 54.4 Å². The second-order valence-corrected chi connectivity index (χ2v) is 8.87. The Kier molecular flexibility index (Phi) is 6.12. The zero-order chi connectivity index (χ0) is 20.4. The number of morpholine rings is 1. The predicted octanol–water partition coefficient (Wildman–Crippen LogP) is 4.07. The Balaban J connectivity index is 1.52. The van der Waals surface area contributed by atoms with Crippen molar-refractivity contribution in [3.05, 3.63) is 56.5 Å². The van der Waals surface area contributed by atoms with E-state index in [4.69, 9.17) is 4.74 Å². The van der Waals surface area contributed by atoms with Crippen molar-refractivity contribution in [2.75, 3.05) is 38.3 Å². The van der Waals surface area contributed by atoms with Crippen molar-refractivity contribution in [3.63, 3.8) is 0 Å². The van der Waals surface area contributed by atoms with E-state index in [-0.39, 0.29) is 11.7 Å². The average molecular weight is 521 g/mol. The monoisotopic (exact) mass is 521 g/mol. The van der Waals surface area contributed by atoms with E-state index in [1.165, 1.54) is 11.8 Å². The van der Waals surface area contributed by atoms with Crippen LogP contribution in [0.3, 0.4) is 0 Å². The summed E-state index contributed by atoms with van der Waals surface area (Å²) in [4.78, 5) is 21.7. The van der Waals surface area contributed by atoms with Crippen molar-refractivity contribution in [3.8, 4) is 5.75 Å². The number of benzene rings is 2. The standard InChI is InChI=1S/C21H20IN3O3S/c1-24-20(27)19(13-14-2-7-18(26)17(22)12-14)29-21(24)23-15-3-5-16(6-4-15)25-8-10-28-11-9-25/h2-7,12-13,26H,8-11H2,1H3/b19-13-,23-21?. The van der Waals surface area contributed by atoms with Gasteiger partial charge in [-0.2, -0.15) is 0 Å². The quantitative estimate of drug-likeness (QED) is 0.488. The van der Waals surface area contributed by atoms with E-state index in [0.717, 1.165) is 46.8 Å². The number of amidine groups is 1. The fraction of sp³-hybridized carbons (Fsp3) is 0.238. The Bertz CT molecular complexity index is 985. The van der Waals surface area contributed by atoms with Crippen LogP contribution in [0.15, 0.2) is 52.4 Å². The number of aliphatic imine (C=N–C) groups is 1. The number of hydrogen-bond acceptors (Lipinski definition) is 6. The summed E-state index contributed by atoms with van der Waals surface area (Å²) in [6, 6.07) is 13.3. The maximum atomic E-state index is 12.6. The number of halogens is 1. The van der Waals surface area contributed by atoms with Crippen molar-refractivity contribution < 1.29 is 14.6 Å². The Morgan fingerprint density at radius 2 is 1.90 bits per heavy atom. The Hall–Kier alpha value is -2.04. The number of carbonyl (C=O) groups is 1. The maximum absolute atomic E-state index is 12.6. The molecule has 2 aliphatic heterocycles. The van der Waals surface area contributed by atoms with Crippen molar-refractivity contribution in [2.24, 2.45) is 4.99 Å². The van der Waals surface area contributed by atoms with Crippen LogP contribution in [0.5, 0.6) is 5.75 Å². The zero-order valence-electron chi connectivity index (χ0n) is 15.8. The van der Waals surface area contributed by atoms with Gasteiger partial charge >= 0.3 is 0 Å². The smallest absolute Gasteiger partial charge is 0.266 e. The van der Waals surface area contributed by atoms with Gasteiger partial charge in [-0.3, -0.25) is 9.69 Å². The summed E-state index contributed by atoms with van der Waals surface area (Å²) in [5.74, 6) is 0.153. The minimum atomic E-state index is -0.0817. The van der Waals surface area contributed by atoms with Gasteiger partial charge in [-0.1, -0.05) is 6.07 Å². The summed E-state index contributed by atoms with van der Waals surface area (Å²) in [5, 5.41) is 10.3. The number of aromatic hydroxyl groups is 1. The van der Waals surface area contributed by atoms with Gasteiger partial charge in [-0.15, -0.1) is 0 Å². The van der Waals surface area contributed by atoms with Gasteiger partial charge < -0.3 is 14.7 Å². The first kappa shape index (κ1) is 20.2. The van der Waals surface area contributed by atoms with Gasteiger partial charge in [-0.25, -0.2) is 4.99 Å². The number of ether oxygens (including phenoxy) is 1. The van der Waals surface area contributed by atoms with E-state index in [1.807, 2.05) is 24.3 Å². The van der Waals surface area contributed by atoms with Crippen molar-refractivity contribution in [1.82, 2.24) is 4.90 Å². The summed E-state index contributed by atoms with van der Waals surface area (Å²) in [7, 11) is 1.73. The van der Waals surface area contributed by atoms with Crippen molar-refractivity contribution >= 4 is 62.9 Å². The highest BCUT2D eigenvalue weighted by Crippen LogP contribution is 2.34. The van der Waals surface area contributed by atoms with Crippen LogP contribution < -0.4 is 4.90 Å². The number of carbonyl (C=O) groups excluding carboxylic acids is 1. The maximum Gasteiger partial charge on any atom is 0.266 e. The molecule has 0 unspecified atom stereocenters. The molecule has 0 aliphatic carbocycles. The van der Waals surface area contributed by atoms with Crippen LogP contribution in [0.4, 0.5) is 11.4 Å². The molecule has 0 saturated carbocycles. The van der Waals surface area contributed by atoms with Crippen LogP contribution in [0.2, 0.25) is 0 Å². The van der Waals surface area contributed by atoms with Gasteiger partial charge in [0.25, 0.3) is 5.91 Å². The first-order valence-electron chi connectivity index (χ1n) is 9.19. The third kappa shape index (κ3) is 4.59. The molecule has 2 fully saturated rings. The van der Waals surface area contributed by atoms with E-state index < -0.39 is 0 Å². The Morgan fingerprint density at radius 3 is 2.59 bits per heavy atom. The topological polar surface area (TPSA) is 65.4 Å². The number of thioether (sulfide) groups is 1. The lowest BCUT2D eigenvalue weighted by Gasteiger charge is -2.28. The van der Waals surface area contributed by atoms with Crippen molar-refractivity contribution in [1.29, 1.82) is 0 Å². The van der Waals surface area contributed by atoms with Crippen LogP contribution in [0.25, 0.3) is 6.08 Å². The SMILES string of the molecule is CN1C(=O)/C(=C/c2ccc(O)c(I)c2)SC1=Nc1ccc(N2CCOCC2)cc1. The Morgan fingerprint density at radius 1 is 1.17 bits per heavy atom. The van der Waals surface area contributed by atoms with Gasteiger partial charge in [0.05, 0.1) is 27.4 Å². The third-order valence-corrected chi connectivity index (χ3v) is 6.65. The molecular weight excluding hydrogens is 501 g/mol. The normalized spacial score (nSPS) is 20.1. The highest BCUT2D eigenvalue weighted by Gasteiger charge is 2.30. The van der Waals surface area contributed by atoms with E-state index in [1.54, 1.807) is 24.1 Å². The summed E-state index contributed by atoms with van der Waals surface area (Å²) < 4.78 is 6.14. The van der Waals surface area contributed by atoms with Crippen molar-refractivity contribution in [2.45, 2.75) is 0 Å². The minimum Gasteiger partial charge on any atom is -0.507 e. The van der Waals surface area contributed by atoms with E-state index in [2.05, 4.69) is 44.6 Å². The summed E-state index contributed by atoms with van der Waals surface area (Å²) in [6.07, 6.45) is 1.83. The highest BCUT2D eigenvalue weighted by molar-refractivity contribution is 14.1. The molecule has 0 radical (unpaired) electrons. The number of phenolic OH excluding ortho intramolecular Hbond substituents is 1. The van der Waals surface area contributed by atoms with Gasteiger partial charge in [0.2, 0.25) is 0 Å². The number of anilines is 1. The van der Waals surface area contributed by atoms with Gasteiger partial charge in [0, 0.05) is 25.8 Å². The Labute approximate surface area is 187 Å². The lowest BCUT2D eigenvalue weighted by Crippen LogP contribution is -2.36. The van der Waals surface area contributed by atoms with E-state index >= 15 is 0 Å². The molecule has 6 nitrogen and oxygen atoms in total.